The summed E-state index contributed by atoms with van der Waals surface area (Å²) in [5.74, 6) is 0.496. The second-order valence-electron chi connectivity index (χ2n) is 7.75. The minimum Gasteiger partial charge on any atom is -0.325 e. The SMILES string of the molecule is Cc1cccc(C(C)C)c1NC(=O)C1CCc2nc(-c3ccncc3)sc2C1. The van der Waals surface area contributed by atoms with Crippen LogP contribution in [0.25, 0.3) is 10.6 Å². The van der Waals surface area contributed by atoms with Gasteiger partial charge < -0.3 is 5.32 Å². The molecule has 2 aromatic heterocycles. The maximum atomic E-state index is 13.0. The van der Waals surface area contributed by atoms with Crippen LogP contribution in [0.1, 0.15) is 47.9 Å². The average Bonchev–Trinajstić information content (AvgIpc) is 3.13. The van der Waals surface area contributed by atoms with Crippen LogP contribution in [0.5, 0.6) is 0 Å². The van der Waals surface area contributed by atoms with Crippen LogP contribution in [0.15, 0.2) is 42.7 Å². The molecule has 0 radical (unpaired) electrons. The van der Waals surface area contributed by atoms with Crippen molar-refractivity contribution in [3.63, 3.8) is 0 Å². The molecular weight excluding hydrogens is 366 g/mol. The highest BCUT2D eigenvalue weighted by molar-refractivity contribution is 7.15. The lowest BCUT2D eigenvalue weighted by atomic mass is 9.90. The number of anilines is 1. The van der Waals surface area contributed by atoms with Gasteiger partial charge in [-0.3, -0.25) is 9.78 Å². The molecule has 0 spiro atoms. The number of nitrogens with one attached hydrogen (secondary N) is 1. The summed E-state index contributed by atoms with van der Waals surface area (Å²) >= 11 is 1.71. The molecule has 1 atom stereocenters. The molecule has 28 heavy (non-hydrogen) atoms. The van der Waals surface area contributed by atoms with Crippen LogP contribution in [-0.4, -0.2) is 15.9 Å². The summed E-state index contributed by atoms with van der Waals surface area (Å²) in [5.41, 5.74) is 5.54. The van der Waals surface area contributed by atoms with Crippen molar-refractivity contribution < 1.29 is 4.79 Å². The van der Waals surface area contributed by atoms with Gasteiger partial charge in [-0.25, -0.2) is 4.98 Å². The van der Waals surface area contributed by atoms with E-state index in [0.717, 1.165) is 46.8 Å². The van der Waals surface area contributed by atoms with Gasteiger partial charge >= 0.3 is 0 Å². The highest BCUT2D eigenvalue weighted by Crippen LogP contribution is 2.35. The number of pyridine rings is 1. The molecule has 1 amide bonds. The summed E-state index contributed by atoms with van der Waals surface area (Å²) in [6.07, 6.45) is 6.06. The number of nitrogens with zero attached hydrogens (tertiary/aromatic N) is 2. The summed E-state index contributed by atoms with van der Waals surface area (Å²) in [6, 6.07) is 10.2. The molecule has 1 N–H and O–H groups in total. The Morgan fingerprint density at radius 2 is 2.00 bits per heavy atom. The van der Waals surface area contributed by atoms with E-state index in [-0.39, 0.29) is 11.8 Å². The summed E-state index contributed by atoms with van der Waals surface area (Å²) in [6.45, 7) is 6.38. The van der Waals surface area contributed by atoms with Crippen LogP contribution in [0, 0.1) is 12.8 Å². The minimum absolute atomic E-state index is 0.00198. The molecule has 0 aliphatic heterocycles. The van der Waals surface area contributed by atoms with E-state index in [2.05, 4.69) is 49.3 Å². The molecule has 1 aliphatic rings. The first kappa shape index (κ1) is 18.8. The molecule has 5 heteroatoms. The Labute approximate surface area is 170 Å². The van der Waals surface area contributed by atoms with Gasteiger partial charge in [0.05, 0.1) is 5.69 Å². The Balaban J connectivity index is 1.52. The van der Waals surface area contributed by atoms with Crippen LogP contribution < -0.4 is 5.32 Å². The fraction of sp³-hybridized carbons (Fsp3) is 0.348. The molecule has 0 saturated heterocycles. The zero-order chi connectivity index (χ0) is 19.7. The van der Waals surface area contributed by atoms with E-state index < -0.39 is 0 Å². The smallest absolute Gasteiger partial charge is 0.227 e. The van der Waals surface area contributed by atoms with E-state index >= 15 is 0 Å². The summed E-state index contributed by atoms with van der Waals surface area (Å²) < 4.78 is 0. The number of hydrogen-bond acceptors (Lipinski definition) is 4. The zero-order valence-corrected chi connectivity index (χ0v) is 17.3. The first-order valence-electron chi connectivity index (χ1n) is 9.82. The normalized spacial score (nSPS) is 16.1. The summed E-state index contributed by atoms with van der Waals surface area (Å²) in [5, 5.41) is 4.26. The van der Waals surface area contributed by atoms with Gasteiger partial charge in [0.15, 0.2) is 0 Å². The molecule has 1 aliphatic carbocycles. The fourth-order valence-electron chi connectivity index (χ4n) is 3.78. The Hall–Kier alpha value is -2.53. The third-order valence-electron chi connectivity index (χ3n) is 5.41. The van der Waals surface area contributed by atoms with E-state index in [1.54, 1.807) is 23.7 Å². The maximum Gasteiger partial charge on any atom is 0.227 e. The maximum absolute atomic E-state index is 13.0. The highest BCUT2D eigenvalue weighted by atomic mass is 32.1. The predicted molar refractivity (Wildman–Crippen MR) is 115 cm³/mol. The number of amides is 1. The zero-order valence-electron chi connectivity index (χ0n) is 16.5. The number of benzene rings is 1. The largest absolute Gasteiger partial charge is 0.325 e. The van der Waals surface area contributed by atoms with E-state index in [9.17, 15) is 4.79 Å². The molecule has 1 unspecified atom stereocenters. The molecule has 1 aromatic carbocycles. The Morgan fingerprint density at radius 3 is 2.75 bits per heavy atom. The number of aryl methyl sites for hydroxylation is 2. The lowest BCUT2D eigenvalue weighted by Crippen LogP contribution is -2.28. The predicted octanol–water partition coefficient (Wildman–Crippen LogP) is 5.38. The molecule has 4 nitrogen and oxygen atoms in total. The molecule has 4 rings (SSSR count). The van der Waals surface area contributed by atoms with Gasteiger partial charge in [0, 0.05) is 34.4 Å². The van der Waals surface area contributed by atoms with E-state index in [0.29, 0.717) is 5.92 Å². The second-order valence-corrected chi connectivity index (χ2v) is 8.83. The number of aromatic nitrogens is 2. The van der Waals surface area contributed by atoms with Crippen molar-refractivity contribution in [3.05, 3.63) is 64.4 Å². The van der Waals surface area contributed by atoms with Gasteiger partial charge in [0.25, 0.3) is 0 Å². The Kier molecular flexibility index (Phi) is 5.27. The number of rotatable bonds is 4. The number of carbonyl (C=O) groups is 1. The van der Waals surface area contributed by atoms with Gasteiger partial charge in [-0.2, -0.15) is 0 Å². The summed E-state index contributed by atoms with van der Waals surface area (Å²) in [4.78, 5) is 23.2. The van der Waals surface area contributed by atoms with Crippen LogP contribution in [0.4, 0.5) is 5.69 Å². The third kappa shape index (κ3) is 3.72. The molecule has 144 valence electrons. The quantitative estimate of drug-likeness (QED) is 0.649. The van der Waals surface area contributed by atoms with Gasteiger partial charge in [-0.15, -0.1) is 11.3 Å². The molecule has 0 fully saturated rings. The fourth-order valence-corrected chi connectivity index (χ4v) is 4.98. The molecule has 2 heterocycles. The lowest BCUT2D eigenvalue weighted by molar-refractivity contribution is -0.120. The van der Waals surface area contributed by atoms with Crippen molar-refractivity contribution in [3.8, 4) is 10.6 Å². The Morgan fingerprint density at radius 1 is 1.21 bits per heavy atom. The van der Waals surface area contributed by atoms with Crippen molar-refractivity contribution in [2.24, 2.45) is 5.92 Å². The van der Waals surface area contributed by atoms with Gasteiger partial charge in [0.1, 0.15) is 5.01 Å². The molecule has 0 saturated carbocycles. The number of thiazole rings is 1. The topological polar surface area (TPSA) is 54.9 Å². The molecular formula is C23H25N3OS. The van der Waals surface area contributed by atoms with Gasteiger partial charge in [-0.1, -0.05) is 32.0 Å². The molecule has 3 aromatic rings. The summed E-state index contributed by atoms with van der Waals surface area (Å²) in [7, 11) is 0. The highest BCUT2D eigenvalue weighted by Gasteiger charge is 2.28. The van der Waals surface area contributed by atoms with Gasteiger partial charge in [-0.05, 0) is 55.4 Å². The third-order valence-corrected chi connectivity index (χ3v) is 6.58. The van der Waals surface area contributed by atoms with Crippen molar-refractivity contribution in [2.45, 2.75) is 46.0 Å². The Bertz CT molecular complexity index is 994. The minimum atomic E-state index is -0.00198. The van der Waals surface area contributed by atoms with E-state index in [1.165, 1.54) is 10.4 Å². The first-order chi connectivity index (χ1) is 13.5. The van der Waals surface area contributed by atoms with Crippen molar-refractivity contribution in [2.75, 3.05) is 5.32 Å². The van der Waals surface area contributed by atoms with Crippen molar-refractivity contribution in [1.82, 2.24) is 9.97 Å². The van der Waals surface area contributed by atoms with E-state index in [4.69, 9.17) is 4.98 Å². The number of carbonyl (C=O) groups excluding carboxylic acids is 1. The second kappa shape index (κ2) is 7.84. The van der Waals surface area contributed by atoms with Gasteiger partial charge in [0.2, 0.25) is 5.91 Å². The van der Waals surface area contributed by atoms with Crippen LogP contribution >= 0.6 is 11.3 Å². The van der Waals surface area contributed by atoms with Crippen LogP contribution in [0.2, 0.25) is 0 Å². The number of fused-ring (bicyclic) bond motifs is 1. The first-order valence-corrected chi connectivity index (χ1v) is 10.6. The van der Waals surface area contributed by atoms with E-state index in [1.807, 2.05) is 12.1 Å². The monoisotopic (exact) mass is 391 g/mol. The lowest BCUT2D eigenvalue weighted by Gasteiger charge is -2.23. The average molecular weight is 392 g/mol. The molecule has 0 bridgehead atoms. The van der Waals surface area contributed by atoms with Crippen molar-refractivity contribution >= 4 is 22.9 Å². The number of hydrogen-bond donors (Lipinski definition) is 1. The van der Waals surface area contributed by atoms with Crippen LogP contribution in [0.3, 0.4) is 0 Å². The van der Waals surface area contributed by atoms with Crippen molar-refractivity contribution in [1.29, 1.82) is 0 Å². The number of para-hydroxylation sites is 1. The van der Waals surface area contributed by atoms with Crippen LogP contribution in [-0.2, 0) is 17.6 Å². The standard InChI is InChI=1S/C23H25N3OS/c1-14(2)18-6-4-5-15(3)21(18)26-22(27)17-7-8-19-20(13-17)28-23(25-19)16-9-11-24-12-10-16/h4-6,9-12,14,17H,7-8,13H2,1-3H3,(H,26,27).